The van der Waals surface area contributed by atoms with E-state index >= 15 is 0 Å². The predicted molar refractivity (Wildman–Crippen MR) is 127 cm³/mol. The summed E-state index contributed by atoms with van der Waals surface area (Å²) < 4.78 is 9.70. The van der Waals surface area contributed by atoms with E-state index < -0.39 is 11.9 Å². The second-order valence-corrected chi connectivity index (χ2v) is 7.75. The Labute approximate surface area is 190 Å². The summed E-state index contributed by atoms with van der Waals surface area (Å²) in [4.78, 5) is 32.9. The molecule has 0 fully saturated rings. The number of methoxy groups -OCH3 is 2. The van der Waals surface area contributed by atoms with Crippen molar-refractivity contribution in [2.45, 2.75) is 27.7 Å². The number of hydrogen-bond donors (Lipinski definition) is 0. The molecule has 0 saturated carbocycles. The summed E-state index contributed by atoms with van der Waals surface area (Å²) in [5.74, 6) is -1.04. The Bertz CT molecular complexity index is 900. The van der Waals surface area contributed by atoms with Crippen LogP contribution in [0.1, 0.15) is 38.8 Å². The topological polar surface area (TPSA) is 77.3 Å². The number of aliphatic imine (C=N–C) groups is 2. The van der Waals surface area contributed by atoms with Crippen LogP contribution >= 0.6 is 0 Å². The van der Waals surface area contributed by atoms with Gasteiger partial charge in [-0.2, -0.15) is 0 Å². The van der Waals surface area contributed by atoms with Crippen molar-refractivity contribution >= 4 is 24.4 Å². The van der Waals surface area contributed by atoms with Crippen molar-refractivity contribution in [1.29, 1.82) is 0 Å². The Balaban J connectivity index is 2.47. The third-order valence-corrected chi connectivity index (χ3v) is 4.78. The fraction of sp³-hybridized carbons (Fsp3) is 0.308. The van der Waals surface area contributed by atoms with E-state index in [1.165, 1.54) is 14.2 Å². The monoisotopic (exact) mass is 434 g/mol. The molecule has 2 rings (SSSR count). The second kappa shape index (κ2) is 11.9. The van der Waals surface area contributed by atoms with Crippen molar-refractivity contribution in [1.82, 2.24) is 0 Å². The van der Waals surface area contributed by atoms with Crippen molar-refractivity contribution < 1.29 is 19.1 Å². The number of benzene rings is 2. The molecule has 2 aromatic rings. The Hall–Kier alpha value is -3.28. The lowest BCUT2D eigenvalue weighted by Gasteiger charge is -2.14. The minimum Gasteiger partial charge on any atom is -0.467 e. The average molecular weight is 435 g/mol. The summed E-state index contributed by atoms with van der Waals surface area (Å²) >= 11 is 0. The van der Waals surface area contributed by atoms with E-state index in [-0.39, 0.29) is 11.8 Å². The van der Waals surface area contributed by atoms with E-state index in [0.29, 0.717) is 12.1 Å². The van der Waals surface area contributed by atoms with Crippen LogP contribution < -0.4 is 0 Å². The van der Waals surface area contributed by atoms with Crippen LogP contribution in [0.15, 0.2) is 58.5 Å². The molecule has 0 heterocycles. The van der Waals surface area contributed by atoms with Gasteiger partial charge in [0.25, 0.3) is 0 Å². The Morgan fingerprint density at radius 2 is 1.03 bits per heavy atom. The van der Waals surface area contributed by atoms with Crippen molar-refractivity contribution in [3.63, 3.8) is 0 Å². The summed E-state index contributed by atoms with van der Waals surface area (Å²) in [6.07, 6.45) is 3.35. The molecular weight excluding hydrogens is 404 g/mol. The average Bonchev–Trinajstić information content (AvgIpc) is 2.79. The van der Waals surface area contributed by atoms with Crippen molar-refractivity contribution in [2.24, 2.45) is 21.8 Å². The maximum Gasteiger partial charge on any atom is 0.337 e. The van der Waals surface area contributed by atoms with Gasteiger partial charge in [0.2, 0.25) is 0 Å². The summed E-state index contributed by atoms with van der Waals surface area (Å²) in [6, 6.07) is 16.2. The van der Waals surface area contributed by atoms with Gasteiger partial charge in [0, 0.05) is 23.6 Å². The largest absolute Gasteiger partial charge is 0.467 e. The van der Waals surface area contributed by atoms with Gasteiger partial charge in [-0.25, -0.2) is 9.59 Å². The van der Waals surface area contributed by atoms with Gasteiger partial charge >= 0.3 is 11.9 Å². The van der Waals surface area contributed by atoms with E-state index in [2.05, 4.69) is 9.98 Å². The van der Waals surface area contributed by atoms with E-state index in [9.17, 15) is 9.59 Å². The van der Waals surface area contributed by atoms with Crippen molar-refractivity contribution in [3.8, 4) is 11.1 Å². The second-order valence-electron chi connectivity index (χ2n) is 7.75. The first kappa shape index (κ1) is 25.0. The maximum atomic E-state index is 12.0. The fourth-order valence-corrected chi connectivity index (χ4v) is 3.07. The van der Waals surface area contributed by atoms with Crippen LogP contribution in [0.2, 0.25) is 0 Å². The molecule has 2 radical (unpaired) electrons. The highest BCUT2D eigenvalue weighted by Gasteiger charge is 2.24. The highest BCUT2D eigenvalue weighted by molar-refractivity contribution is 5.99. The molecule has 0 amide bonds. The minimum absolute atomic E-state index is 0.0754. The molecule has 0 aliphatic carbocycles. The zero-order valence-electron chi connectivity index (χ0n) is 19.5. The third-order valence-electron chi connectivity index (χ3n) is 4.78. The number of hydrogen-bond acceptors (Lipinski definition) is 6. The van der Waals surface area contributed by atoms with E-state index in [0.717, 1.165) is 22.3 Å². The minimum atomic E-state index is -0.444. The van der Waals surface area contributed by atoms with Crippen LogP contribution in [0.3, 0.4) is 0 Å². The molecule has 0 N–H and O–H groups in total. The fourth-order valence-electron chi connectivity index (χ4n) is 3.07. The predicted octanol–water partition coefficient (Wildman–Crippen LogP) is 4.91. The molecule has 0 aromatic heterocycles. The van der Waals surface area contributed by atoms with E-state index in [1.807, 2.05) is 76.2 Å². The number of carbonyl (C=O) groups is 2. The molecule has 0 spiro atoms. The summed E-state index contributed by atoms with van der Waals surface area (Å²) in [7, 11) is 2.70. The quantitative estimate of drug-likeness (QED) is 0.415. The molecule has 0 atom stereocenters. The van der Waals surface area contributed by atoms with E-state index in [1.54, 1.807) is 12.4 Å². The first-order chi connectivity index (χ1) is 15.3. The van der Waals surface area contributed by atoms with Gasteiger partial charge in [-0.15, -0.1) is 0 Å². The molecule has 168 valence electrons. The third kappa shape index (κ3) is 6.36. The maximum absolute atomic E-state index is 12.0. The Morgan fingerprint density at radius 1 is 0.688 bits per heavy atom. The van der Waals surface area contributed by atoms with Crippen LogP contribution in [0.4, 0.5) is 0 Å². The Morgan fingerprint density at radius 3 is 1.34 bits per heavy atom. The van der Waals surface area contributed by atoms with Crippen LogP contribution in [-0.4, -0.2) is 38.6 Å². The van der Waals surface area contributed by atoms with Gasteiger partial charge < -0.3 is 9.47 Å². The SMILES string of the molecule is COC(=O)[C](N=Cc1ccccc1-c1ccccc1C=N[C](C(=O)OC)C(C)C)C(C)C. The number of nitrogens with zero attached hydrogens (tertiary/aromatic N) is 2. The number of esters is 2. The first-order valence-corrected chi connectivity index (χ1v) is 10.5. The molecule has 0 aliphatic rings. The zero-order valence-corrected chi connectivity index (χ0v) is 19.5. The molecular formula is C26H30N2O4. The summed E-state index contributed by atoms with van der Waals surface area (Å²) in [5.41, 5.74) is 3.54. The lowest BCUT2D eigenvalue weighted by Crippen LogP contribution is -2.17. The number of rotatable bonds is 9. The van der Waals surface area contributed by atoms with Gasteiger partial charge in [0.05, 0.1) is 14.2 Å². The number of carbonyl (C=O) groups excluding carboxylic acids is 2. The Kier molecular flexibility index (Phi) is 9.32. The number of ether oxygens (including phenoxy) is 2. The van der Waals surface area contributed by atoms with Gasteiger partial charge in [-0.1, -0.05) is 76.2 Å². The molecule has 0 unspecified atom stereocenters. The molecule has 0 saturated heterocycles. The lowest BCUT2D eigenvalue weighted by molar-refractivity contribution is -0.140. The highest BCUT2D eigenvalue weighted by atomic mass is 16.5. The molecule has 32 heavy (non-hydrogen) atoms. The molecule has 6 heteroatoms. The van der Waals surface area contributed by atoms with Gasteiger partial charge in [0.15, 0.2) is 12.1 Å². The van der Waals surface area contributed by atoms with Gasteiger partial charge in [-0.05, 0) is 23.0 Å². The van der Waals surface area contributed by atoms with Crippen LogP contribution in [0.25, 0.3) is 11.1 Å². The molecule has 0 bridgehead atoms. The lowest BCUT2D eigenvalue weighted by atomic mass is 9.96. The normalized spacial score (nSPS) is 11.9. The zero-order chi connectivity index (χ0) is 23.7. The van der Waals surface area contributed by atoms with Gasteiger partial charge in [-0.3, -0.25) is 9.98 Å². The van der Waals surface area contributed by atoms with Crippen molar-refractivity contribution in [3.05, 3.63) is 71.7 Å². The smallest absolute Gasteiger partial charge is 0.337 e. The molecule has 6 nitrogen and oxygen atoms in total. The van der Waals surface area contributed by atoms with Crippen molar-refractivity contribution in [2.75, 3.05) is 14.2 Å². The highest BCUT2D eigenvalue weighted by Crippen LogP contribution is 2.27. The van der Waals surface area contributed by atoms with Gasteiger partial charge in [0.1, 0.15) is 0 Å². The van der Waals surface area contributed by atoms with E-state index in [4.69, 9.17) is 9.47 Å². The molecule has 2 aromatic carbocycles. The first-order valence-electron chi connectivity index (χ1n) is 10.5. The van der Waals surface area contributed by atoms with Crippen LogP contribution in [-0.2, 0) is 19.1 Å². The van der Waals surface area contributed by atoms with Crippen LogP contribution in [0.5, 0.6) is 0 Å². The standard InChI is InChI=1S/C26H30N2O4/c1-17(2)23(25(29)31-5)27-15-19-11-7-9-13-21(19)22-14-10-8-12-20(22)16-28-24(18(3)4)26(30)32-6/h7-18H,1-6H3. The summed E-state index contributed by atoms with van der Waals surface area (Å²) in [6.45, 7) is 7.58. The summed E-state index contributed by atoms with van der Waals surface area (Å²) in [5, 5.41) is 0. The molecule has 0 aliphatic heterocycles. The van der Waals surface area contributed by atoms with Crippen LogP contribution in [0, 0.1) is 23.9 Å².